The Kier molecular flexibility index (Phi) is 51.3. The van der Waals surface area contributed by atoms with E-state index in [1.807, 2.05) is 0 Å². The van der Waals surface area contributed by atoms with Gasteiger partial charge in [-0.05, 0) is 83.5 Å². The fourth-order valence-electron chi connectivity index (χ4n) is 7.84. The molecule has 0 aromatic carbocycles. The van der Waals surface area contributed by atoms with Crippen molar-refractivity contribution in [1.82, 2.24) is 0 Å². The Morgan fingerprint density at radius 2 is 0.600 bits per heavy atom. The van der Waals surface area contributed by atoms with Gasteiger partial charge in [0.25, 0.3) is 0 Å². The van der Waals surface area contributed by atoms with E-state index in [1.54, 1.807) is 0 Å². The fraction of sp³-hybridized carbons (Fsp3) is 0.780. The highest BCUT2D eigenvalue weighted by molar-refractivity contribution is 5.71. The van der Waals surface area contributed by atoms with Crippen LogP contribution in [0.4, 0.5) is 0 Å². The normalized spacial score (nSPS) is 12.5. The van der Waals surface area contributed by atoms with Gasteiger partial charge in [0, 0.05) is 19.3 Å². The Morgan fingerprint density at radius 1 is 0.323 bits per heavy atom. The number of allylic oxidation sites excluding steroid dienone is 10. The van der Waals surface area contributed by atoms with Crippen LogP contribution in [0.25, 0.3) is 0 Å². The van der Waals surface area contributed by atoms with E-state index in [0.29, 0.717) is 19.3 Å². The van der Waals surface area contributed by atoms with E-state index in [9.17, 15) is 14.4 Å². The minimum absolute atomic E-state index is 0.0806. The van der Waals surface area contributed by atoms with Crippen molar-refractivity contribution in [2.45, 2.75) is 284 Å². The Morgan fingerprint density at radius 3 is 0.938 bits per heavy atom. The van der Waals surface area contributed by atoms with Crippen LogP contribution in [-0.4, -0.2) is 37.2 Å². The molecule has 0 spiro atoms. The molecule has 0 aromatic rings. The largest absolute Gasteiger partial charge is 0.462 e. The number of carbonyl (C=O) groups excluding carboxylic acids is 3. The van der Waals surface area contributed by atoms with Crippen molar-refractivity contribution in [3.63, 3.8) is 0 Å². The lowest BCUT2D eigenvalue weighted by Gasteiger charge is -2.18. The Hall–Kier alpha value is -2.89. The molecule has 0 saturated heterocycles. The summed E-state index contributed by atoms with van der Waals surface area (Å²) >= 11 is 0. The summed E-state index contributed by atoms with van der Waals surface area (Å²) in [5.74, 6) is -0.895. The third-order valence-electron chi connectivity index (χ3n) is 12.0. The van der Waals surface area contributed by atoms with Crippen LogP contribution in [0.2, 0.25) is 0 Å². The van der Waals surface area contributed by atoms with Gasteiger partial charge in [0.05, 0.1) is 0 Å². The number of rotatable bonds is 50. The predicted molar refractivity (Wildman–Crippen MR) is 279 cm³/mol. The molecule has 0 saturated carbocycles. The van der Waals surface area contributed by atoms with Gasteiger partial charge in [-0.3, -0.25) is 14.4 Å². The number of carbonyl (C=O) groups is 3. The molecule has 1 atom stereocenters. The maximum absolute atomic E-state index is 12.8. The molecule has 0 fully saturated rings. The van der Waals surface area contributed by atoms with Gasteiger partial charge < -0.3 is 14.2 Å². The van der Waals surface area contributed by atoms with Gasteiger partial charge in [0.2, 0.25) is 0 Å². The SMILES string of the molecule is CC/C=C\C/C=C\C/C=C\CCCCCCCC(=O)OC(COC(=O)CCCCCCCCCCC/C=C\C/C=C\CCCCCCC)COC(=O)CCCCCCCCCCCCC. The summed E-state index contributed by atoms with van der Waals surface area (Å²) in [4.78, 5) is 38.0. The van der Waals surface area contributed by atoms with E-state index in [4.69, 9.17) is 14.2 Å². The second-order valence-corrected chi connectivity index (χ2v) is 18.5. The van der Waals surface area contributed by atoms with Crippen LogP contribution in [0.3, 0.4) is 0 Å². The number of hydrogen-bond donors (Lipinski definition) is 0. The molecule has 0 aliphatic heterocycles. The first-order valence-electron chi connectivity index (χ1n) is 27.8. The maximum atomic E-state index is 12.8. The van der Waals surface area contributed by atoms with Gasteiger partial charge in [-0.25, -0.2) is 0 Å². The fourth-order valence-corrected chi connectivity index (χ4v) is 7.84. The molecular weight excluding hydrogens is 805 g/mol. The van der Waals surface area contributed by atoms with Crippen molar-refractivity contribution in [3.05, 3.63) is 60.8 Å². The van der Waals surface area contributed by atoms with Crippen LogP contribution >= 0.6 is 0 Å². The van der Waals surface area contributed by atoms with Crippen molar-refractivity contribution in [1.29, 1.82) is 0 Å². The first kappa shape index (κ1) is 62.1. The molecule has 0 bridgehead atoms. The molecule has 376 valence electrons. The summed E-state index contributed by atoms with van der Waals surface area (Å²) in [5.41, 5.74) is 0. The van der Waals surface area contributed by atoms with Gasteiger partial charge in [-0.2, -0.15) is 0 Å². The molecule has 65 heavy (non-hydrogen) atoms. The Balaban J connectivity index is 4.33. The molecule has 0 N–H and O–H groups in total. The summed E-state index contributed by atoms with van der Waals surface area (Å²) in [5, 5.41) is 0. The number of hydrogen-bond acceptors (Lipinski definition) is 6. The molecule has 0 amide bonds. The standard InChI is InChI=1S/C59H104O6/c1-4-7-10-13-16-19-22-24-26-27-28-29-30-31-33-34-37-40-43-46-49-52-58(61)64-55-56(54-63-57(60)51-48-45-42-39-36-21-18-15-12-9-6-3)65-59(62)53-50-47-44-41-38-35-32-25-23-20-17-14-11-8-5-2/h8,11,17,20,22,24-25,27-28,32,56H,4-7,9-10,12-16,18-19,21,23,26,29-31,33-55H2,1-3H3/b11-8-,20-17-,24-22-,28-27-,32-25-. The topological polar surface area (TPSA) is 78.9 Å². The number of ether oxygens (including phenoxy) is 3. The third kappa shape index (κ3) is 51.9. The molecule has 0 aromatic heterocycles. The molecule has 0 aliphatic carbocycles. The highest BCUT2D eigenvalue weighted by atomic mass is 16.6. The molecule has 6 nitrogen and oxygen atoms in total. The number of esters is 3. The van der Waals surface area contributed by atoms with Crippen molar-refractivity contribution in [2.24, 2.45) is 0 Å². The van der Waals surface area contributed by atoms with Crippen LogP contribution < -0.4 is 0 Å². The van der Waals surface area contributed by atoms with E-state index < -0.39 is 6.10 Å². The first-order chi connectivity index (χ1) is 32.0. The first-order valence-corrected chi connectivity index (χ1v) is 27.8. The minimum Gasteiger partial charge on any atom is -0.462 e. The van der Waals surface area contributed by atoms with Crippen LogP contribution in [0.1, 0.15) is 278 Å². The van der Waals surface area contributed by atoms with Gasteiger partial charge in [-0.1, -0.05) is 236 Å². The summed E-state index contributed by atoms with van der Waals surface area (Å²) in [7, 11) is 0. The van der Waals surface area contributed by atoms with Crippen LogP contribution in [-0.2, 0) is 28.6 Å². The lowest BCUT2D eigenvalue weighted by molar-refractivity contribution is -0.167. The van der Waals surface area contributed by atoms with Gasteiger partial charge in [0.15, 0.2) is 6.10 Å². The average molecular weight is 909 g/mol. The van der Waals surface area contributed by atoms with E-state index in [0.717, 1.165) is 103 Å². The quantitative estimate of drug-likeness (QED) is 0.0262. The van der Waals surface area contributed by atoms with Crippen LogP contribution in [0.5, 0.6) is 0 Å². The summed E-state index contributed by atoms with van der Waals surface area (Å²) in [6.45, 7) is 6.51. The van der Waals surface area contributed by atoms with E-state index in [1.165, 1.54) is 135 Å². The lowest BCUT2D eigenvalue weighted by Crippen LogP contribution is -2.30. The zero-order valence-corrected chi connectivity index (χ0v) is 43.0. The molecule has 0 heterocycles. The monoisotopic (exact) mass is 909 g/mol. The van der Waals surface area contributed by atoms with Gasteiger partial charge in [-0.15, -0.1) is 0 Å². The summed E-state index contributed by atoms with van der Waals surface area (Å²) in [6, 6.07) is 0. The van der Waals surface area contributed by atoms with E-state index in [2.05, 4.69) is 81.5 Å². The zero-order valence-electron chi connectivity index (χ0n) is 43.0. The van der Waals surface area contributed by atoms with Crippen LogP contribution in [0, 0.1) is 0 Å². The molecule has 0 radical (unpaired) electrons. The van der Waals surface area contributed by atoms with E-state index in [-0.39, 0.29) is 31.1 Å². The second-order valence-electron chi connectivity index (χ2n) is 18.5. The maximum Gasteiger partial charge on any atom is 0.306 e. The second kappa shape index (κ2) is 53.7. The molecule has 6 heteroatoms. The third-order valence-corrected chi connectivity index (χ3v) is 12.0. The smallest absolute Gasteiger partial charge is 0.306 e. The Labute approximate surface area is 402 Å². The van der Waals surface area contributed by atoms with Gasteiger partial charge >= 0.3 is 17.9 Å². The highest BCUT2D eigenvalue weighted by Crippen LogP contribution is 2.15. The van der Waals surface area contributed by atoms with Crippen molar-refractivity contribution in [3.8, 4) is 0 Å². The molecular formula is C59H104O6. The zero-order chi connectivity index (χ0) is 47.2. The van der Waals surface area contributed by atoms with Crippen LogP contribution in [0.15, 0.2) is 60.8 Å². The van der Waals surface area contributed by atoms with Crippen molar-refractivity contribution >= 4 is 17.9 Å². The van der Waals surface area contributed by atoms with Gasteiger partial charge in [0.1, 0.15) is 13.2 Å². The van der Waals surface area contributed by atoms with Crippen molar-refractivity contribution < 1.29 is 28.6 Å². The van der Waals surface area contributed by atoms with Crippen molar-refractivity contribution in [2.75, 3.05) is 13.2 Å². The Bertz CT molecular complexity index is 1180. The minimum atomic E-state index is -0.782. The van der Waals surface area contributed by atoms with E-state index >= 15 is 0 Å². The summed E-state index contributed by atoms with van der Waals surface area (Å²) in [6.07, 6.45) is 66.4. The number of unbranched alkanes of at least 4 members (excludes halogenated alkanes) is 29. The highest BCUT2D eigenvalue weighted by Gasteiger charge is 2.19. The predicted octanol–water partition coefficient (Wildman–Crippen LogP) is 18.4. The summed E-state index contributed by atoms with van der Waals surface area (Å²) < 4.78 is 16.8. The average Bonchev–Trinajstić information content (AvgIpc) is 3.30. The lowest BCUT2D eigenvalue weighted by atomic mass is 10.1. The molecule has 0 rings (SSSR count). The molecule has 1 unspecified atom stereocenters. The molecule has 0 aliphatic rings.